The summed E-state index contributed by atoms with van der Waals surface area (Å²) in [5.41, 5.74) is 0.621. The van der Waals surface area contributed by atoms with Crippen LogP contribution in [0, 0.1) is 18.7 Å². The lowest BCUT2D eigenvalue weighted by Gasteiger charge is -2.32. The second-order valence-corrected chi connectivity index (χ2v) is 9.88. The highest BCUT2D eigenvalue weighted by molar-refractivity contribution is 7.90. The Hall–Kier alpha value is -1.65. The molecule has 1 aromatic carbocycles. The normalized spacial score (nSPS) is 21.6. The number of H-pyrrole nitrogens is 1. The zero-order valence-electron chi connectivity index (χ0n) is 16.3. The lowest BCUT2D eigenvalue weighted by atomic mass is 9.86. The number of nitrogens with one attached hydrogen (secondary N) is 1. The molecule has 30 heavy (non-hydrogen) atoms. The van der Waals surface area contributed by atoms with Crippen molar-refractivity contribution in [2.75, 3.05) is 6.26 Å². The van der Waals surface area contributed by atoms with Crippen LogP contribution in [-0.2, 0) is 14.6 Å². The number of benzene rings is 1. The SMILES string of the molecule is Cc1[nH]c(C(OC2CCCC(C(F)(F)F)C2)c2ccc(F)c(Cl)c2)nc1S(C)(=O)=O. The van der Waals surface area contributed by atoms with Gasteiger partial charge in [-0.25, -0.2) is 17.8 Å². The molecule has 3 atom stereocenters. The van der Waals surface area contributed by atoms with Crippen molar-refractivity contribution in [1.29, 1.82) is 0 Å². The standard InChI is InChI=1S/C19H21ClF4N2O3S/c1-10-18(30(2,27)28)26-17(25-10)16(11-6-7-15(21)14(20)8-11)29-13-5-3-4-12(9-13)19(22,23)24/h6-8,12-13,16H,3-5,9H2,1-2H3,(H,25,26). The Morgan fingerprint density at radius 3 is 2.57 bits per heavy atom. The molecule has 0 radical (unpaired) electrons. The molecule has 0 spiro atoms. The van der Waals surface area contributed by atoms with Crippen molar-refractivity contribution < 1.29 is 30.7 Å². The van der Waals surface area contributed by atoms with E-state index in [4.69, 9.17) is 16.3 Å². The summed E-state index contributed by atoms with van der Waals surface area (Å²) in [4.78, 5) is 6.96. The molecule has 1 fully saturated rings. The molecule has 3 unspecified atom stereocenters. The third-order valence-corrected chi connectivity index (χ3v) is 6.51. The Labute approximate surface area is 176 Å². The maximum Gasteiger partial charge on any atom is 0.391 e. The number of halogens is 5. The Morgan fingerprint density at radius 1 is 1.30 bits per heavy atom. The lowest BCUT2D eigenvalue weighted by molar-refractivity contribution is -0.194. The van der Waals surface area contributed by atoms with Crippen LogP contribution in [0.2, 0.25) is 5.02 Å². The average Bonchev–Trinajstić information content (AvgIpc) is 3.03. The quantitative estimate of drug-likeness (QED) is 0.617. The van der Waals surface area contributed by atoms with E-state index in [0.717, 1.165) is 12.3 Å². The Bertz CT molecular complexity index is 1020. The van der Waals surface area contributed by atoms with E-state index in [0.29, 0.717) is 18.4 Å². The van der Waals surface area contributed by atoms with Crippen molar-refractivity contribution in [3.8, 4) is 0 Å². The first-order valence-corrected chi connectivity index (χ1v) is 11.6. The second kappa shape index (κ2) is 8.47. The second-order valence-electron chi connectivity index (χ2n) is 7.54. The van der Waals surface area contributed by atoms with E-state index >= 15 is 0 Å². The first-order valence-electron chi connectivity index (χ1n) is 9.30. The van der Waals surface area contributed by atoms with Gasteiger partial charge in [0.1, 0.15) is 17.7 Å². The van der Waals surface area contributed by atoms with Gasteiger partial charge in [-0.15, -0.1) is 0 Å². The van der Waals surface area contributed by atoms with Gasteiger partial charge in [0.2, 0.25) is 0 Å². The van der Waals surface area contributed by atoms with Crippen LogP contribution in [0.1, 0.15) is 48.9 Å². The van der Waals surface area contributed by atoms with E-state index in [1.807, 2.05) is 0 Å². The van der Waals surface area contributed by atoms with Gasteiger partial charge in [0.25, 0.3) is 0 Å². The first-order chi connectivity index (χ1) is 13.9. The van der Waals surface area contributed by atoms with Crippen molar-refractivity contribution in [3.05, 3.63) is 46.1 Å². The first kappa shape index (κ1) is 23.0. The molecule has 1 aromatic heterocycles. The number of hydrogen-bond acceptors (Lipinski definition) is 4. The van der Waals surface area contributed by atoms with Gasteiger partial charge in [-0.05, 0) is 43.9 Å². The summed E-state index contributed by atoms with van der Waals surface area (Å²) in [6, 6.07) is 3.79. The number of aromatic nitrogens is 2. The van der Waals surface area contributed by atoms with Crippen molar-refractivity contribution in [2.24, 2.45) is 5.92 Å². The van der Waals surface area contributed by atoms with Crippen LogP contribution in [0.4, 0.5) is 17.6 Å². The van der Waals surface area contributed by atoms with E-state index in [1.54, 1.807) is 0 Å². The smallest absolute Gasteiger partial charge is 0.362 e. The molecule has 2 aromatic rings. The largest absolute Gasteiger partial charge is 0.391 e. The fourth-order valence-electron chi connectivity index (χ4n) is 3.69. The van der Waals surface area contributed by atoms with Gasteiger partial charge in [-0.3, -0.25) is 0 Å². The molecule has 1 heterocycles. The van der Waals surface area contributed by atoms with Crippen LogP contribution >= 0.6 is 11.6 Å². The van der Waals surface area contributed by atoms with Gasteiger partial charge >= 0.3 is 6.18 Å². The molecule has 1 N–H and O–H groups in total. The van der Waals surface area contributed by atoms with Crippen molar-refractivity contribution in [3.63, 3.8) is 0 Å². The third-order valence-electron chi connectivity index (χ3n) is 5.12. The van der Waals surface area contributed by atoms with Crippen LogP contribution in [0.3, 0.4) is 0 Å². The van der Waals surface area contributed by atoms with E-state index in [9.17, 15) is 26.0 Å². The maximum atomic E-state index is 13.6. The van der Waals surface area contributed by atoms with Crippen LogP contribution in [0.5, 0.6) is 0 Å². The summed E-state index contributed by atoms with van der Waals surface area (Å²) in [7, 11) is -3.64. The van der Waals surface area contributed by atoms with E-state index in [1.165, 1.54) is 19.1 Å². The molecule has 166 valence electrons. The van der Waals surface area contributed by atoms with Crippen molar-refractivity contribution in [2.45, 2.75) is 56.0 Å². The summed E-state index contributed by atoms with van der Waals surface area (Å²) < 4.78 is 83.1. The van der Waals surface area contributed by atoms with Crippen LogP contribution in [-0.4, -0.2) is 36.9 Å². The molecule has 1 saturated carbocycles. The summed E-state index contributed by atoms with van der Waals surface area (Å²) in [6.45, 7) is 1.52. The summed E-state index contributed by atoms with van der Waals surface area (Å²) in [5, 5.41) is -0.374. The number of aryl methyl sites for hydroxylation is 1. The van der Waals surface area contributed by atoms with Crippen LogP contribution < -0.4 is 0 Å². The van der Waals surface area contributed by atoms with Crippen LogP contribution in [0.25, 0.3) is 0 Å². The van der Waals surface area contributed by atoms with Gasteiger partial charge in [-0.1, -0.05) is 24.1 Å². The Balaban J connectivity index is 1.97. The van der Waals surface area contributed by atoms with Gasteiger partial charge < -0.3 is 9.72 Å². The summed E-state index contributed by atoms with van der Waals surface area (Å²) in [6.07, 6.45) is -4.50. The fourth-order valence-corrected chi connectivity index (χ4v) is 4.75. The number of hydrogen-bond donors (Lipinski definition) is 1. The topological polar surface area (TPSA) is 72.0 Å². The highest BCUT2D eigenvalue weighted by atomic mass is 35.5. The van der Waals surface area contributed by atoms with E-state index in [-0.39, 0.29) is 34.4 Å². The van der Waals surface area contributed by atoms with Gasteiger partial charge in [0.05, 0.1) is 22.7 Å². The minimum Gasteiger partial charge on any atom is -0.362 e. The number of nitrogens with zero attached hydrogens (tertiary/aromatic N) is 1. The molecule has 0 saturated heterocycles. The molecule has 0 aliphatic heterocycles. The average molecular weight is 469 g/mol. The Morgan fingerprint density at radius 2 is 2.00 bits per heavy atom. The highest BCUT2D eigenvalue weighted by Gasteiger charge is 2.43. The predicted octanol–water partition coefficient (Wildman–Crippen LogP) is 5.14. The molecule has 0 amide bonds. The van der Waals surface area contributed by atoms with Crippen LogP contribution in [0.15, 0.2) is 23.2 Å². The monoisotopic (exact) mass is 468 g/mol. The predicted molar refractivity (Wildman–Crippen MR) is 103 cm³/mol. The molecule has 11 heteroatoms. The summed E-state index contributed by atoms with van der Waals surface area (Å²) in [5.74, 6) is -2.04. The molecular weight excluding hydrogens is 448 g/mol. The van der Waals surface area contributed by atoms with E-state index < -0.39 is 40.0 Å². The summed E-state index contributed by atoms with van der Waals surface area (Å²) >= 11 is 5.87. The number of ether oxygens (including phenoxy) is 1. The Kier molecular flexibility index (Phi) is 6.50. The van der Waals surface area contributed by atoms with Gasteiger partial charge in [-0.2, -0.15) is 13.2 Å². The molecule has 1 aliphatic rings. The molecule has 3 rings (SSSR count). The number of sulfone groups is 1. The van der Waals surface area contributed by atoms with Crippen molar-refractivity contribution >= 4 is 21.4 Å². The van der Waals surface area contributed by atoms with Crippen molar-refractivity contribution in [1.82, 2.24) is 9.97 Å². The molecule has 1 aliphatic carbocycles. The highest BCUT2D eigenvalue weighted by Crippen LogP contribution is 2.40. The minimum atomic E-state index is -4.32. The van der Waals surface area contributed by atoms with Gasteiger partial charge in [0.15, 0.2) is 14.9 Å². The zero-order valence-corrected chi connectivity index (χ0v) is 17.8. The molecular formula is C19H21ClF4N2O3S. The van der Waals surface area contributed by atoms with E-state index in [2.05, 4.69) is 9.97 Å². The lowest BCUT2D eigenvalue weighted by Crippen LogP contribution is -2.33. The number of rotatable bonds is 5. The fraction of sp³-hybridized carbons (Fsp3) is 0.526. The van der Waals surface area contributed by atoms with Gasteiger partial charge in [0, 0.05) is 6.26 Å². The number of alkyl halides is 3. The minimum absolute atomic E-state index is 0.0362. The molecule has 0 bridgehead atoms. The maximum absolute atomic E-state index is 13.6. The number of aromatic amines is 1. The number of imidazole rings is 1. The third kappa shape index (κ3) is 5.15. The zero-order chi connectivity index (χ0) is 22.3. The molecule has 5 nitrogen and oxygen atoms in total.